The van der Waals surface area contributed by atoms with Gasteiger partial charge in [-0.15, -0.1) is 0 Å². The van der Waals surface area contributed by atoms with Crippen molar-refractivity contribution in [3.63, 3.8) is 0 Å². The number of carbonyl (C=O) groups is 2. The van der Waals surface area contributed by atoms with Gasteiger partial charge < -0.3 is 20.1 Å². The SMILES string of the molecule is CCc1cc(CNC(=O)NC2CC(=O)N(Cc3ccccc3)C2)on1. The molecule has 1 unspecified atom stereocenters. The van der Waals surface area contributed by atoms with Gasteiger partial charge in [0.05, 0.1) is 18.3 Å². The van der Waals surface area contributed by atoms with Crippen LogP contribution in [0.15, 0.2) is 40.9 Å². The number of nitrogens with one attached hydrogen (secondary N) is 2. The highest BCUT2D eigenvalue weighted by molar-refractivity contribution is 5.81. The Morgan fingerprint density at radius 2 is 2.16 bits per heavy atom. The predicted molar refractivity (Wildman–Crippen MR) is 91.5 cm³/mol. The van der Waals surface area contributed by atoms with Gasteiger partial charge in [-0.1, -0.05) is 42.4 Å². The minimum atomic E-state index is -0.311. The van der Waals surface area contributed by atoms with Gasteiger partial charge in [-0.25, -0.2) is 4.79 Å². The molecule has 3 rings (SSSR count). The minimum absolute atomic E-state index is 0.0528. The van der Waals surface area contributed by atoms with Crippen molar-refractivity contribution in [2.24, 2.45) is 0 Å². The lowest BCUT2D eigenvalue weighted by atomic mass is 10.2. The summed E-state index contributed by atoms with van der Waals surface area (Å²) in [7, 11) is 0. The Morgan fingerprint density at radius 1 is 1.36 bits per heavy atom. The fourth-order valence-electron chi connectivity index (χ4n) is 2.84. The number of rotatable bonds is 6. The van der Waals surface area contributed by atoms with E-state index < -0.39 is 0 Å². The van der Waals surface area contributed by atoms with Crippen LogP contribution < -0.4 is 10.6 Å². The monoisotopic (exact) mass is 342 g/mol. The van der Waals surface area contributed by atoms with Crippen LogP contribution in [-0.2, 0) is 24.3 Å². The van der Waals surface area contributed by atoms with E-state index in [0.29, 0.717) is 25.3 Å². The zero-order chi connectivity index (χ0) is 17.6. The van der Waals surface area contributed by atoms with Crippen molar-refractivity contribution in [3.05, 3.63) is 53.4 Å². The molecule has 7 nitrogen and oxygen atoms in total. The fraction of sp³-hybridized carbons (Fsp3) is 0.389. The average molecular weight is 342 g/mol. The average Bonchev–Trinajstić information content (AvgIpc) is 3.21. The molecule has 132 valence electrons. The quantitative estimate of drug-likeness (QED) is 0.838. The molecule has 1 aliphatic rings. The topological polar surface area (TPSA) is 87.5 Å². The van der Waals surface area contributed by atoms with Crippen LogP contribution in [0.25, 0.3) is 0 Å². The van der Waals surface area contributed by atoms with E-state index >= 15 is 0 Å². The van der Waals surface area contributed by atoms with Crippen molar-refractivity contribution in [2.45, 2.75) is 38.9 Å². The van der Waals surface area contributed by atoms with Crippen LogP contribution in [0, 0.1) is 0 Å². The normalized spacial score (nSPS) is 16.9. The lowest BCUT2D eigenvalue weighted by Gasteiger charge is -2.17. The highest BCUT2D eigenvalue weighted by Crippen LogP contribution is 2.15. The third kappa shape index (κ3) is 4.59. The van der Waals surface area contributed by atoms with E-state index in [1.165, 1.54) is 0 Å². The van der Waals surface area contributed by atoms with Crippen LogP contribution in [-0.4, -0.2) is 34.6 Å². The van der Waals surface area contributed by atoms with Crippen molar-refractivity contribution < 1.29 is 14.1 Å². The second-order valence-electron chi connectivity index (χ2n) is 6.13. The Hall–Kier alpha value is -2.83. The fourth-order valence-corrected chi connectivity index (χ4v) is 2.84. The molecule has 0 radical (unpaired) electrons. The summed E-state index contributed by atoms with van der Waals surface area (Å²) in [6, 6.07) is 11.2. The second kappa shape index (κ2) is 7.83. The number of urea groups is 1. The maximum Gasteiger partial charge on any atom is 0.315 e. The Morgan fingerprint density at radius 3 is 2.88 bits per heavy atom. The Bertz CT molecular complexity index is 729. The maximum absolute atomic E-state index is 12.1. The van der Waals surface area contributed by atoms with E-state index in [-0.39, 0.29) is 24.5 Å². The molecule has 0 aliphatic carbocycles. The molecular weight excluding hydrogens is 320 g/mol. The minimum Gasteiger partial charge on any atom is -0.359 e. The molecule has 25 heavy (non-hydrogen) atoms. The third-order valence-electron chi connectivity index (χ3n) is 4.16. The first-order chi connectivity index (χ1) is 12.1. The summed E-state index contributed by atoms with van der Waals surface area (Å²) in [5.41, 5.74) is 1.94. The van der Waals surface area contributed by atoms with Crippen LogP contribution in [0.3, 0.4) is 0 Å². The number of likely N-dealkylation sites (tertiary alicyclic amines) is 1. The molecule has 7 heteroatoms. The van der Waals surface area contributed by atoms with Crippen molar-refractivity contribution in [2.75, 3.05) is 6.54 Å². The van der Waals surface area contributed by atoms with Crippen LogP contribution in [0.2, 0.25) is 0 Å². The molecule has 1 saturated heterocycles. The second-order valence-corrected chi connectivity index (χ2v) is 6.13. The number of nitrogens with zero attached hydrogens (tertiary/aromatic N) is 2. The summed E-state index contributed by atoms with van der Waals surface area (Å²) < 4.78 is 5.12. The summed E-state index contributed by atoms with van der Waals surface area (Å²) in [6.07, 6.45) is 1.11. The molecule has 0 spiro atoms. The highest BCUT2D eigenvalue weighted by Gasteiger charge is 2.30. The van der Waals surface area contributed by atoms with Gasteiger partial charge in [-0.3, -0.25) is 4.79 Å². The van der Waals surface area contributed by atoms with E-state index in [4.69, 9.17) is 4.52 Å². The van der Waals surface area contributed by atoms with Gasteiger partial charge in [0.25, 0.3) is 0 Å². The molecule has 0 bridgehead atoms. The molecule has 0 saturated carbocycles. The Labute approximate surface area is 146 Å². The Balaban J connectivity index is 1.45. The van der Waals surface area contributed by atoms with Gasteiger partial charge in [-0.2, -0.15) is 0 Å². The zero-order valence-electron chi connectivity index (χ0n) is 14.2. The molecule has 2 N–H and O–H groups in total. The molecule has 2 heterocycles. The highest BCUT2D eigenvalue weighted by atomic mass is 16.5. The van der Waals surface area contributed by atoms with E-state index in [1.807, 2.05) is 43.3 Å². The maximum atomic E-state index is 12.1. The standard InChI is InChI=1S/C18H22N4O3/c1-2-14-8-16(25-21-14)10-19-18(24)20-15-9-17(23)22(12-15)11-13-6-4-3-5-7-13/h3-8,15H,2,9-12H2,1H3,(H2,19,20,24). The summed E-state index contributed by atoms with van der Waals surface area (Å²) >= 11 is 0. The largest absolute Gasteiger partial charge is 0.359 e. The van der Waals surface area contributed by atoms with Crippen LogP contribution in [0.4, 0.5) is 4.79 Å². The van der Waals surface area contributed by atoms with Crippen molar-refractivity contribution in [1.29, 1.82) is 0 Å². The first-order valence-corrected chi connectivity index (χ1v) is 8.44. The predicted octanol–water partition coefficient (Wildman–Crippen LogP) is 1.84. The lowest BCUT2D eigenvalue weighted by Crippen LogP contribution is -2.43. The van der Waals surface area contributed by atoms with E-state index in [0.717, 1.165) is 17.7 Å². The van der Waals surface area contributed by atoms with E-state index in [1.54, 1.807) is 4.90 Å². The van der Waals surface area contributed by atoms with Crippen molar-refractivity contribution in [1.82, 2.24) is 20.7 Å². The molecule has 1 fully saturated rings. The van der Waals surface area contributed by atoms with Gasteiger partial charge >= 0.3 is 6.03 Å². The van der Waals surface area contributed by atoms with Gasteiger partial charge in [0, 0.05) is 25.6 Å². The number of hydrogen-bond donors (Lipinski definition) is 2. The third-order valence-corrected chi connectivity index (χ3v) is 4.16. The Kier molecular flexibility index (Phi) is 5.33. The van der Waals surface area contributed by atoms with Gasteiger partial charge in [0.2, 0.25) is 5.91 Å². The molecule has 1 atom stereocenters. The number of amides is 3. The number of hydrogen-bond acceptors (Lipinski definition) is 4. The summed E-state index contributed by atoms with van der Waals surface area (Å²) in [5, 5.41) is 9.45. The molecule has 1 aromatic carbocycles. The number of aromatic nitrogens is 1. The summed E-state index contributed by atoms with van der Waals surface area (Å²) in [6.45, 7) is 3.34. The molecule has 1 aromatic heterocycles. The lowest BCUT2D eigenvalue weighted by molar-refractivity contribution is -0.128. The first-order valence-electron chi connectivity index (χ1n) is 8.44. The number of carbonyl (C=O) groups excluding carboxylic acids is 2. The molecule has 1 aliphatic heterocycles. The van der Waals surface area contributed by atoms with Gasteiger partial charge in [0.15, 0.2) is 5.76 Å². The van der Waals surface area contributed by atoms with Crippen LogP contribution in [0.1, 0.15) is 30.4 Å². The van der Waals surface area contributed by atoms with Gasteiger partial charge in [0.1, 0.15) is 0 Å². The molecular formula is C18H22N4O3. The summed E-state index contributed by atoms with van der Waals surface area (Å²) in [5.74, 6) is 0.664. The zero-order valence-corrected chi connectivity index (χ0v) is 14.2. The first kappa shape index (κ1) is 17.0. The smallest absolute Gasteiger partial charge is 0.315 e. The molecule has 3 amide bonds. The van der Waals surface area contributed by atoms with E-state index in [2.05, 4.69) is 15.8 Å². The number of benzene rings is 1. The number of aryl methyl sites for hydroxylation is 1. The molecule has 2 aromatic rings. The van der Waals surface area contributed by atoms with Crippen LogP contribution >= 0.6 is 0 Å². The summed E-state index contributed by atoms with van der Waals surface area (Å²) in [4.78, 5) is 25.9. The van der Waals surface area contributed by atoms with Gasteiger partial charge in [-0.05, 0) is 12.0 Å². The van der Waals surface area contributed by atoms with Crippen LogP contribution in [0.5, 0.6) is 0 Å². The van der Waals surface area contributed by atoms with Crippen molar-refractivity contribution >= 4 is 11.9 Å². The van der Waals surface area contributed by atoms with E-state index in [9.17, 15) is 9.59 Å². The van der Waals surface area contributed by atoms with Crippen molar-refractivity contribution in [3.8, 4) is 0 Å².